The van der Waals surface area contributed by atoms with E-state index in [1.165, 1.54) is 6.33 Å². The van der Waals surface area contributed by atoms with Gasteiger partial charge >= 0.3 is 0 Å². The number of hydrogen-bond acceptors (Lipinski definition) is 3. The number of nitrogens with zero attached hydrogens (tertiary/aromatic N) is 4. The average molecular weight is 259 g/mol. The minimum atomic E-state index is 0.388. The zero-order chi connectivity index (χ0) is 9.26. The number of aromatic nitrogens is 4. The van der Waals surface area contributed by atoms with E-state index in [0.29, 0.717) is 15.4 Å². The highest BCUT2D eigenvalue weighted by molar-refractivity contribution is 9.10. The van der Waals surface area contributed by atoms with Crippen LogP contribution in [0.5, 0.6) is 0 Å². The van der Waals surface area contributed by atoms with E-state index < -0.39 is 0 Å². The fraction of sp³-hybridized carbons (Fsp3) is 0. The summed E-state index contributed by atoms with van der Waals surface area (Å²) in [6, 6.07) is 0. The maximum Gasteiger partial charge on any atom is 0.157 e. The molecule has 0 atom stereocenters. The molecule has 66 valence electrons. The van der Waals surface area contributed by atoms with Gasteiger partial charge in [0.25, 0.3) is 0 Å². The highest BCUT2D eigenvalue weighted by atomic mass is 79.9. The minimum Gasteiger partial charge on any atom is -0.289 e. The van der Waals surface area contributed by atoms with Crippen molar-refractivity contribution >= 4 is 27.5 Å². The first-order valence-electron chi connectivity index (χ1n) is 3.43. The molecule has 0 aromatic carbocycles. The second-order valence-corrected chi connectivity index (χ2v) is 3.42. The van der Waals surface area contributed by atoms with Crippen molar-refractivity contribution < 1.29 is 0 Å². The minimum absolute atomic E-state index is 0.388. The van der Waals surface area contributed by atoms with Crippen LogP contribution in [0.2, 0.25) is 5.15 Å². The first-order valence-corrected chi connectivity index (χ1v) is 4.60. The van der Waals surface area contributed by atoms with Gasteiger partial charge in [0, 0.05) is 12.4 Å². The Hall–Kier alpha value is -0.940. The van der Waals surface area contributed by atoms with E-state index in [1.807, 2.05) is 0 Å². The van der Waals surface area contributed by atoms with E-state index in [4.69, 9.17) is 11.6 Å². The molecule has 0 unspecified atom stereocenters. The van der Waals surface area contributed by atoms with Crippen LogP contribution >= 0.6 is 27.5 Å². The molecule has 13 heavy (non-hydrogen) atoms. The summed E-state index contributed by atoms with van der Waals surface area (Å²) in [6.45, 7) is 0. The fourth-order valence-corrected chi connectivity index (χ4v) is 1.44. The molecule has 0 radical (unpaired) electrons. The molecule has 0 spiro atoms. The summed E-state index contributed by atoms with van der Waals surface area (Å²) in [5.74, 6) is 0.678. The Morgan fingerprint density at radius 1 is 1.38 bits per heavy atom. The Kier molecular flexibility index (Phi) is 2.28. The second kappa shape index (κ2) is 3.43. The van der Waals surface area contributed by atoms with E-state index in [-0.39, 0.29) is 0 Å². The van der Waals surface area contributed by atoms with Crippen LogP contribution in [0.25, 0.3) is 5.82 Å². The van der Waals surface area contributed by atoms with Crippen molar-refractivity contribution in [3.05, 3.63) is 34.7 Å². The van der Waals surface area contributed by atoms with Crippen LogP contribution in [0.3, 0.4) is 0 Å². The van der Waals surface area contributed by atoms with Gasteiger partial charge in [0.15, 0.2) is 5.82 Å². The molecule has 0 fully saturated rings. The summed E-state index contributed by atoms with van der Waals surface area (Å²) in [7, 11) is 0. The van der Waals surface area contributed by atoms with Gasteiger partial charge in [-0.3, -0.25) is 4.57 Å². The van der Waals surface area contributed by atoms with Crippen LogP contribution in [-0.4, -0.2) is 19.5 Å². The lowest BCUT2D eigenvalue weighted by atomic mass is 10.6. The summed E-state index contributed by atoms with van der Waals surface area (Å²) in [4.78, 5) is 11.8. The van der Waals surface area contributed by atoms with Crippen molar-refractivity contribution in [1.82, 2.24) is 19.5 Å². The average Bonchev–Trinajstić information content (AvgIpc) is 2.62. The lowest BCUT2D eigenvalue weighted by molar-refractivity contribution is 0.960. The Balaban J connectivity index is 2.59. The zero-order valence-corrected chi connectivity index (χ0v) is 8.70. The van der Waals surface area contributed by atoms with E-state index in [0.717, 1.165) is 0 Å². The first-order chi connectivity index (χ1) is 6.29. The summed E-state index contributed by atoms with van der Waals surface area (Å²) >= 11 is 9.10. The predicted molar refractivity (Wildman–Crippen MR) is 51.9 cm³/mol. The van der Waals surface area contributed by atoms with Gasteiger partial charge in [0.2, 0.25) is 0 Å². The fourth-order valence-electron chi connectivity index (χ4n) is 0.904. The predicted octanol–water partition coefficient (Wildman–Crippen LogP) is 2.08. The highest BCUT2D eigenvalue weighted by Crippen LogP contribution is 2.24. The van der Waals surface area contributed by atoms with Crippen LogP contribution in [0.4, 0.5) is 0 Å². The molecule has 0 amide bonds. The molecule has 6 heteroatoms. The topological polar surface area (TPSA) is 43.6 Å². The van der Waals surface area contributed by atoms with Crippen molar-refractivity contribution in [2.75, 3.05) is 0 Å². The lowest BCUT2D eigenvalue weighted by Crippen LogP contribution is -1.96. The Morgan fingerprint density at radius 2 is 2.23 bits per heavy atom. The van der Waals surface area contributed by atoms with Crippen LogP contribution in [0, 0.1) is 0 Å². The maximum atomic E-state index is 5.80. The van der Waals surface area contributed by atoms with Gasteiger partial charge in [-0.15, -0.1) is 0 Å². The molecule has 0 aliphatic heterocycles. The van der Waals surface area contributed by atoms with E-state index >= 15 is 0 Å². The third kappa shape index (κ3) is 1.57. The van der Waals surface area contributed by atoms with Crippen LogP contribution in [0.1, 0.15) is 0 Å². The summed E-state index contributed by atoms with van der Waals surface area (Å²) in [5.41, 5.74) is 0. The van der Waals surface area contributed by atoms with Crippen LogP contribution in [-0.2, 0) is 0 Å². The molecule has 0 bridgehead atoms. The number of rotatable bonds is 1. The van der Waals surface area contributed by atoms with Gasteiger partial charge in [0.1, 0.15) is 17.8 Å². The van der Waals surface area contributed by atoms with E-state index in [1.54, 1.807) is 23.3 Å². The molecule has 2 rings (SSSR count). The van der Waals surface area contributed by atoms with Gasteiger partial charge < -0.3 is 0 Å². The lowest BCUT2D eigenvalue weighted by Gasteiger charge is -2.03. The second-order valence-electron chi connectivity index (χ2n) is 2.27. The third-order valence-corrected chi connectivity index (χ3v) is 2.72. The molecule has 0 aliphatic carbocycles. The molecule has 0 N–H and O–H groups in total. The summed E-state index contributed by atoms with van der Waals surface area (Å²) in [5, 5.41) is 0.388. The molecule has 0 saturated carbocycles. The standard InChI is InChI=1S/C7H4BrClN4/c8-5-6(9)11-3-12-7(5)13-2-1-10-4-13/h1-4H. The first kappa shape index (κ1) is 8.65. The zero-order valence-electron chi connectivity index (χ0n) is 6.35. The summed E-state index contributed by atoms with van der Waals surface area (Å²) in [6.07, 6.45) is 6.50. The Labute approximate surface area is 87.7 Å². The molecule has 2 heterocycles. The SMILES string of the molecule is Clc1ncnc(-n2ccnc2)c1Br. The molecule has 4 nitrogen and oxygen atoms in total. The van der Waals surface area contributed by atoms with Gasteiger partial charge in [-0.2, -0.15) is 0 Å². The van der Waals surface area contributed by atoms with Gasteiger partial charge in [-0.25, -0.2) is 15.0 Å². The Bertz CT molecular complexity index is 414. The van der Waals surface area contributed by atoms with Gasteiger partial charge in [0.05, 0.1) is 4.47 Å². The van der Waals surface area contributed by atoms with Crippen LogP contribution < -0.4 is 0 Å². The van der Waals surface area contributed by atoms with Crippen LogP contribution in [0.15, 0.2) is 29.5 Å². The normalized spacial score (nSPS) is 10.3. The molecule has 2 aromatic heterocycles. The number of imidazole rings is 1. The summed E-state index contributed by atoms with van der Waals surface area (Å²) < 4.78 is 2.41. The largest absolute Gasteiger partial charge is 0.289 e. The molecular weight excluding hydrogens is 255 g/mol. The molecule has 0 aliphatic rings. The number of halogens is 2. The van der Waals surface area contributed by atoms with E-state index in [9.17, 15) is 0 Å². The monoisotopic (exact) mass is 258 g/mol. The van der Waals surface area contributed by atoms with E-state index in [2.05, 4.69) is 30.9 Å². The van der Waals surface area contributed by atoms with Crippen molar-refractivity contribution in [2.45, 2.75) is 0 Å². The van der Waals surface area contributed by atoms with Crippen molar-refractivity contribution in [2.24, 2.45) is 0 Å². The van der Waals surface area contributed by atoms with Crippen molar-refractivity contribution in [3.63, 3.8) is 0 Å². The smallest absolute Gasteiger partial charge is 0.157 e. The molecule has 0 saturated heterocycles. The van der Waals surface area contributed by atoms with Crippen molar-refractivity contribution in [1.29, 1.82) is 0 Å². The highest BCUT2D eigenvalue weighted by Gasteiger charge is 2.07. The quantitative estimate of drug-likeness (QED) is 0.737. The Morgan fingerprint density at radius 3 is 2.92 bits per heavy atom. The number of hydrogen-bond donors (Lipinski definition) is 0. The van der Waals surface area contributed by atoms with Gasteiger partial charge in [-0.1, -0.05) is 11.6 Å². The van der Waals surface area contributed by atoms with Gasteiger partial charge in [-0.05, 0) is 15.9 Å². The molecular formula is C7H4BrClN4. The van der Waals surface area contributed by atoms with Crippen molar-refractivity contribution in [3.8, 4) is 5.82 Å². The molecule has 2 aromatic rings. The maximum absolute atomic E-state index is 5.80. The third-order valence-electron chi connectivity index (χ3n) is 1.48.